The molecule has 1 aliphatic heterocycles. The number of carboxylic acid groups (broad SMARTS) is 1. The van der Waals surface area contributed by atoms with E-state index in [-0.39, 0.29) is 18.9 Å². The molecule has 7 nitrogen and oxygen atoms in total. The maximum Gasteiger partial charge on any atom is 0.337 e. The van der Waals surface area contributed by atoms with E-state index >= 15 is 0 Å². The van der Waals surface area contributed by atoms with Gasteiger partial charge in [-0.2, -0.15) is 0 Å². The van der Waals surface area contributed by atoms with Crippen LogP contribution < -0.4 is 5.32 Å². The number of halogens is 1. The Hall–Kier alpha value is -3.26. The van der Waals surface area contributed by atoms with E-state index in [1.807, 2.05) is 47.4 Å². The summed E-state index contributed by atoms with van der Waals surface area (Å²) in [6.45, 7) is 1.23. The third-order valence-electron chi connectivity index (χ3n) is 5.75. The highest BCUT2D eigenvalue weighted by molar-refractivity contribution is 6.37. The molecule has 1 saturated heterocycles. The summed E-state index contributed by atoms with van der Waals surface area (Å²) in [5, 5.41) is 22.6. The van der Waals surface area contributed by atoms with Crippen molar-refractivity contribution in [2.45, 2.75) is 25.0 Å². The zero-order valence-corrected chi connectivity index (χ0v) is 18.6. The molecule has 0 unspecified atom stereocenters. The number of aliphatic carboxylic acids is 1. The summed E-state index contributed by atoms with van der Waals surface area (Å²) in [6, 6.07) is 18.4. The molecule has 1 aromatic heterocycles. The number of anilines is 1. The van der Waals surface area contributed by atoms with Crippen LogP contribution in [0, 0.1) is 0 Å². The topological polar surface area (TPSA) is 103 Å². The SMILES string of the molecule is O=C(Nc1ccc(CN2CCC[C@@](O)(C(=O)O)C2)cn1)c1cccc(-c2ccccc2)c1Cl. The number of nitrogens with zero attached hydrogens (tertiary/aromatic N) is 2. The Bertz CT molecular complexity index is 1150. The van der Waals surface area contributed by atoms with Crippen LogP contribution in [0.1, 0.15) is 28.8 Å². The number of pyridine rings is 1. The molecular weight excluding hydrogens is 442 g/mol. The van der Waals surface area contributed by atoms with E-state index in [2.05, 4.69) is 10.3 Å². The quantitative estimate of drug-likeness (QED) is 0.507. The number of likely N-dealkylation sites (tertiary alicyclic amines) is 1. The van der Waals surface area contributed by atoms with Gasteiger partial charge in [0.2, 0.25) is 0 Å². The predicted octanol–water partition coefficient (Wildman–Crippen LogP) is 4.07. The lowest BCUT2D eigenvalue weighted by Gasteiger charge is -2.36. The van der Waals surface area contributed by atoms with Crippen LogP contribution in [0.5, 0.6) is 0 Å². The number of rotatable bonds is 6. The lowest BCUT2D eigenvalue weighted by Crippen LogP contribution is -2.52. The maximum atomic E-state index is 12.8. The minimum atomic E-state index is -1.72. The van der Waals surface area contributed by atoms with E-state index in [0.717, 1.165) is 16.7 Å². The van der Waals surface area contributed by atoms with E-state index in [4.69, 9.17) is 11.6 Å². The number of carboxylic acids is 1. The Balaban J connectivity index is 1.42. The van der Waals surface area contributed by atoms with Crippen LogP contribution in [-0.2, 0) is 11.3 Å². The third kappa shape index (κ3) is 5.22. The second-order valence-corrected chi connectivity index (χ2v) is 8.57. The van der Waals surface area contributed by atoms with Crippen LogP contribution in [0.15, 0.2) is 66.9 Å². The van der Waals surface area contributed by atoms with Crippen LogP contribution in [0.4, 0.5) is 5.82 Å². The van der Waals surface area contributed by atoms with Gasteiger partial charge in [-0.15, -0.1) is 0 Å². The highest BCUT2D eigenvalue weighted by atomic mass is 35.5. The van der Waals surface area contributed by atoms with E-state index < -0.39 is 11.6 Å². The third-order valence-corrected chi connectivity index (χ3v) is 6.16. The first-order valence-electron chi connectivity index (χ1n) is 10.6. The van der Waals surface area contributed by atoms with Crippen molar-refractivity contribution < 1.29 is 19.8 Å². The lowest BCUT2D eigenvalue weighted by atomic mass is 9.93. The summed E-state index contributed by atoms with van der Waals surface area (Å²) in [6.07, 6.45) is 2.48. The number of carbonyl (C=O) groups is 2. The van der Waals surface area contributed by atoms with Crippen molar-refractivity contribution in [2.24, 2.45) is 0 Å². The highest BCUT2D eigenvalue weighted by Gasteiger charge is 2.40. The molecule has 0 bridgehead atoms. The Morgan fingerprint density at radius 3 is 2.58 bits per heavy atom. The first-order valence-corrected chi connectivity index (χ1v) is 11.0. The molecule has 170 valence electrons. The molecule has 0 spiro atoms. The fourth-order valence-corrected chi connectivity index (χ4v) is 4.34. The van der Waals surface area contributed by atoms with Crippen molar-refractivity contribution in [2.75, 3.05) is 18.4 Å². The molecule has 0 radical (unpaired) electrons. The van der Waals surface area contributed by atoms with Gasteiger partial charge in [-0.05, 0) is 42.6 Å². The molecule has 1 amide bonds. The molecule has 2 aromatic carbocycles. The molecule has 3 aromatic rings. The standard InChI is InChI=1S/C25H24ClN3O4/c26-22-19(18-6-2-1-3-7-18)8-4-9-20(22)23(30)28-21-11-10-17(14-27-21)15-29-13-5-12-25(33,16-29)24(31)32/h1-4,6-11,14,33H,5,12-13,15-16H2,(H,31,32)(H,27,28,30)/t25-/m0/s1. The average molecular weight is 466 g/mol. The molecule has 1 atom stereocenters. The van der Waals surface area contributed by atoms with Gasteiger partial charge in [-0.3, -0.25) is 9.69 Å². The largest absolute Gasteiger partial charge is 0.479 e. The number of benzene rings is 2. The van der Waals surface area contributed by atoms with E-state index in [0.29, 0.717) is 35.9 Å². The second-order valence-electron chi connectivity index (χ2n) is 8.19. The van der Waals surface area contributed by atoms with Gasteiger partial charge >= 0.3 is 5.97 Å². The van der Waals surface area contributed by atoms with Gasteiger partial charge in [0.25, 0.3) is 5.91 Å². The van der Waals surface area contributed by atoms with Gasteiger partial charge in [-0.25, -0.2) is 9.78 Å². The molecule has 0 saturated carbocycles. The van der Waals surface area contributed by atoms with Crippen LogP contribution in [0.2, 0.25) is 5.02 Å². The van der Waals surface area contributed by atoms with E-state index in [1.165, 1.54) is 0 Å². The second kappa shape index (κ2) is 9.70. The Morgan fingerprint density at radius 2 is 1.88 bits per heavy atom. The summed E-state index contributed by atoms with van der Waals surface area (Å²) in [7, 11) is 0. The molecule has 2 heterocycles. The molecule has 8 heteroatoms. The fourth-order valence-electron chi connectivity index (χ4n) is 4.01. The number of nitrogens with one attached hydrogen (secondary N) is 1. The maximum absolute atomic E-state index is 12.8. The Labute approximate surface area is 196 Å². The first kappa shape index (κ1) is 22.9. The minimum absolute atomic E-state index is 0.0665. The zero-order chi connectivity index (χ0) is 23.4. The van der Waals surface area contributed by atoms with Gasteiger partial charge in [0, 0.05) is 24.8 Å². The Morgan fingerprint density at radius 1 is 1.09 bits per heavy atom. The highest BCUT2D eigenvalue weighted by Crippen LogP contribution is 2.31. The molecular formula is C25H24ClN3O4. The monoisotopic (exact) mass is 465 g/mol. The molecule has 0 aliphatic carbocycles. The summed E-state index contributed by atoms with van der Waals surface area (Å²) in [4.78, 5) is 30.4. The first-order chi connectivity index (χ1) is 15.9. The van der Waals surface area contributed by atoms with Gasteiger partial charge in [0.05, 0.1) is 10.6 Å². The van der Waals surface area contributed by atoms with Gasteiger partial charge < -0.3 is 15.5 Å². The fraction of sp³-hybridized carbons (Fsp3) is 0.240. The Kier molecular flexibility index (Phi) is 6.74. The summed E-state index contributed by atoms with van der Waals surface area (Å²) < 4.78 is 0. The van der Waals surface area contributed by atoms with Crippen molar-refractivity contribution in [3.05, 3.63) is 83.0 Å². The van der Waals surface area contributed by atoms with E-state index in [1.54, 1.807) is 24.4 Å². The van der Waals surface area contributed by atoms with Crippen LogP contribution in [0.25, 0.3) is 11.1 Å². The molecule has 4 rings (SSSR count). The van der Waals surface area contributed by atoms with Crippen molar-refractivity contribution in [1.82, 2.24) is 9.88 Å². The molecule has 1 aliphatic rings. The van der Waals surface area contributed by atoms with E-state index in [9.17, 15) is 19.8 Å². The number of β-amino-alcohol motifs (C(OH)–C–C–N with tert-alkyl or cyclic N) is 1. The number of piperidine rings is 1. The number of aromatic nitrogens is 1. The smallest absolute Gasteiger partial charge is 0.337 e. The van der Waals surface area contributed by atoms with Crippen LogP contribution >= 0.6 is 11.6 Å². The number of aliphatic hydroxyl groups is 1. The van der Waals surface area contributed by atoms with Crippen molar-refractivity contribution in [3.8, 4) is 11.1 Å². The van der Waals surface area contributed by atoms with Gasteiger partial charge in [0.1, 0.15) is 5.82 Å². The number of carbonyl (C=O) groups excluding carboxylic acids is 1. The van der Waals surface area contributed by atoms with Crippen LogP contribution in [0.3, 0.4) is 0 Å². The molecule has 33 heavy (non-hydrogen) atoms. The lowest BCUT2D eigenvalue weighted by molar-refractivity contribution is -0.164. The van der Waals surface area contributed by atoms with Gasteiger partial charge in [0.15, 0.2) is 5.60 Å². The van der Waals surface area contributed by atoms with Crippen LogP contribution in [-0.4, -0.2) is 50.7 Å². The predicted molar refractivity (Wildman–Crippen MR) is 126 cm³/mol. The van der Waals surface area contributed by atoms with Crippen molar-refractivity contribution in [3.63, 3.8) is 0 Å². The summed E-state index contributed by atoms with van der Waals surface area (Å²) in [5.74, 6) is -1.18. The molecule has 3 N–H and O–H groups in total. The number of hydrogen-bond donors (Lipinski definition) is 3. The zero-order valence-electron chi connectivity index (χ0n) is 17.9. The summed E-state index contributed by atoms with van der Waals surface area (Å²) >= 11 is 6.53. The molecule has 1 fully saturated rings. The normalized spacial score (nSPS) is 18.6. The van der Waals surface area contributed by atoms with Crippen molar-refractivity contribution in [1.29, 1.82) is 0 Å². The number of hydrogen-bond acceptors (Lipinski definition) is 5. The average Bonchev–Trinajstić information content (AvgIpc) is 2.81. The number of amides is 1. The minimum Gasteiger partial charge on any atom is -0.479 e. The van der Waals surface area contributed by atoms with Gasteiger partial charge in [-0.1, -0.05) is 60.1 Å². The summed E-state index contributed by atoms with van der Waals surface area (Å²) in [5.41, 5.74) is 1.19. The van der Waals surface area contributed by atoms with Crippen molar-refractivity contribution >= 4 is 29.3 Å².